The molecule has 1 aromatic carbocycles. The number of carbonyl (C=O) groups is 1. The van der Waals surface area contributed by atoms with Gasteiger partial charge in [0.25, 0.3) is 0 Å². The van der Waals surface area contributed by atoms with Crippen molar-refractivity contribution in [1.82, 2.24) is 4.98 Å². The molecule has 0 aliphatic rings. The lowest BCUT2D eigenvalue weighted by atomic mass is 10.2. The van der Waals surface area contributed by atoms with E-state index in [1.165, 1.54) is 0 Å². The number of benzene rings is 1. The van der Waals surface area contributed by atoms with E-state index in [1.807, 2.05) is 6.07 Å². The summed E-state index contributed by atoms with van der Waals surface area (Å²) in [4.78, 5) is 14.2. The first-order valence-corrected chi connectivity index (χ1v) is 4.96. The summed E-state index contributed by atoms with van der Waals surface area (Å²) in [6, 6.07) is 7.25. The second-order valence-corrected chi connectivity index (χ2v) is 3.35. The summed E-state index contributed by atoms with van der Waals surface area (Å²) in [6.45, 7) is 1.73. The summed E-state index contributed by atoms with van der Waals surface area (Å²) >= 11 is 0. The first-order valence-electron chi connectivity index (χ1n) is 4.96. The normalized spacial score (nSPS) is 10.0. The molecule has 0 saturated carbocycles. The van der Waals surface area contributed by atoms with Gasteiger partial charge in [0.1, 0.15) is 0 Å². The molecule has 0 saturated heterocycles. The number of carbonyl (C=O) groups excluding carboxylic acids is 1. The molecule has 4 nitrogen and oxygen atoms in total. The number of nitrogens with one attached hydrogen (secondary N) is 1. The smallest absolute Gasteiger partial charge is 0.310 e. The molecule has 0 aliphatic carbocycles. The van der Waals surface area contributed by atoms with Gasteiger partial charge in [0.15, 0.2) is 5.75 Å². The van der Waals surface area contributed by atoms with Gasteiger partial charge >= 0.3 is 5.97 Å². The molecule has 1 heterocycles. The minimum absolute atomic E-state index is 0.289. The van der Waals surface area contributed by atoms with Crippen LogP contribution in [0.5, 0.6) is 5.75 Å². The maximum Gasteiger partial charge on any atom is 0.310 e. The van der Waals surface area contributed by atoms with Crippen LogP contribution >= 0.6 is 0 Å². The lowest BCUT2D eigenvalue weighted by Crippen LogP contribution is -2.04. The van der Waals surface area contributed by atoms with Crippen LogP contribution < -0.4 is 4.74 Å². The Bertz CT molecular complexity index is 578. The number of fused-ring (bicyclic) bond motifs is 1. The fraction of sp³-hybridized carbons (Fsp3) is 0.167. The molecule has 2 rings (SSSR count). The lowest BCUT2D eigenvalue weighted by molar-refractivity contribution is -0.133. The molecule has 0 bridgehead atoms. The Hall–Kier alpha value is -2.28. The number of hydrogen-bond acceptors (Lipinski definition) is 3. The number of hydrogen-bond donors (Lipinski definition) is 1. The molecule has 1 N–H and O–H groups in total. The summed E-state index contributed by atoms with van der Waals surface area (Å²) in [5.41, 5.74) is 1.39. The molecular formula is C12H10N2O2. The standard InChI is InChI=1S/C12H10N2O2/c1-2-12(15)16-11-7-14-10-4-3-8(6-13)5-9(10)11/h3-5,7,14H,2H2,1H3. The zero-order valence-electron chi connectivity index (χ0n) is 8.78. The Morgan fingerprint density at radius 2 is 2.38 bits per heavy atom. The maximum atomic E-state index is 11.2. The minimum Gasteiger partial charge on any atom is -0.424 e. The summed E-state index contributed by atoms with van der Waals surface area (Å²) in [7, 11) is 0. The second-order valence-electron chi connectivity index (χ2n) is 3.35. The van der Waals surface area contributed by atoms with Gasteiger partial charge in [-0.15, -0.1) is 0 Å². The van der Waals surface area contributed by atoms with Gasteiger partial charge < -0.3 is 9.72 Å². The minimum atomic E-state index is -0.289. The first kappa shape index (κ1) is 10.2. The highest BCUT2D eigenvalue weighted by atomic mass is 16.5. The lowest BCUT2D eigenvalue weighted by Gasteiger charge is -2.00. The number of aromatic amines is 1. The van der Waals surface area contributed by atoms with E-state index in [-0.39, 0.29) is 5.97 Å². The molecule has 0 aliphatic heterocycles. The number of ether oxygens (including phenoxy) is 1. The summed E-state index contributed by atoms with van der Waals surface area (Å²) in [5.74, 6) is 0.183. The number of aromatic nitrogens is 1. The Morgan fingerprint density at radius 3 is 3.06 bits per heavy atom. The Kier molecular flexibility index (Phi) is 2.61. The summed E-state index contributed by atoms with van der Waals surface area (Å²) < 4.78 is 5.14. The third kappa shape index (κ3) is 1.75. The van der Waals surface area contributed by atoms with Gasteiger partial charge in [0.2, 0.25) is 0 Å². The summed E-state index contributed by atoms with van der Waals surface area (Å²) in [5, 5.41) is 9.54. The predicted molar refractivity (Wildman–Crippen MR) is 58.9 cm³/mol. The van der Waals surface area contributed by atoms with Crippen LogP contribution in [0.1, 0.15) is 18.9 Å². The predicted octanol–water partition coefficient (Wildman–Crippen LogP) is 2.35. The molecule has 2 aromatic rings. The number of nitriles is 1. The molecule has 0 unspecified atom stereocenters. The molecule has 0 spiro atoms. The van der Waals surface area contributed by atoms with E-state index in [4.69, 9.17) is 10.00 Å². The van der Waals surface area contributed by atoms with Crippen molar-refractivity contribution >= 4 is 16.9 Å². The van der Waals surface area contributed by atoms with E-state index in [9.17, 15) is 4.79 Å². The zero-order chi connectivity index (χ0) is 11.5. The van der Waals surface area contributed by atoms with E-state index >= 15 is 0 Å². The Balaban J connectivity index is 2.46. The monoisotopic (exact) mass is 214 g/mol. The van der Waals surface area contributed by atoms with Crippen LogP contribution in [0.2, 0.25) is 0 Å². The van der Waals surface area contributed by atoms with Crippen molar-refractivity contribution < 1.29 is 9.53 Å². The fourth-order valence-electron chi connectivity index (χ4n) is 1.44. The zero-order valence-corrected chi connectivity index (χ0v) is 8.78. The molecule has 0 radical (unpaired) electrons. The second kappa shape index (κ2) is 4.07. The van der Waals surface area contributed by atoms with Gasteiger partial charge in [0, 0.05) is 23.5 Å². The number of esters is 1. The Morgan fingerprint density at radius 1 is 1.56 bits per heavy atom. The van der Waals surface area contributed by atoms with Gasteiger partial charge in [-0.25, -0.2) is 0 Å². The van der Waals surface area contributed by atoms with Crippen molar-refractivity contribution in [2.45, 2.75) is 13.3 Å². The van der Waals surface area contributed by atoms with E-state index in [2.05, 4.69) is 4.98 Å². The van der Waals surface area contributed by atoms with Gasteiger partial charge in [0.05, 0.1) is 11.6 Å². The molecule has 4 heteroatoms. The van der Waals surface area contributed by atoms with Crippen LogP contribution in [0.15, 0.2) is 24.4 Å². The molecular weight excluding hydrogens is 204 g/mol. The van der Waals surface area contributed by atoms with E-state index < -0.39 is 0 Å². The molecule has 0 atom stereocenters. The van der Waals surface area contributed by atoms with Crippen molar-refractivity contribution in [2.75, 3.05) is 0 Å². The number of nitrogens with zero attached hydrogens (tertiary/aromatic N) is 1. The topological polar surface area (TPSA) is 65.9 Å². The molecule has 0 amide bonds. The van der Waals surface area contributed by atoms with Gasteiger partial charge in [-0.2, -0.15) is 5.26 Å². The highest BCUT2D eigenvalue weighted by Crippen LogP contribution is 2.26. The van der Waals surface area contributed by atoms with Crippen molar-refractivity contribution in [2.24, 2.45) is 0 Å². The first-order chi connectivity index (χ1) is 7.74. The SMILES string of the molecule is CCC(=O)Oc1c[nH]c2ccc(C#N)cc12. The molecule has 0 fully saturated rings. The number of rotatable bonds is 2. The highest BCUT2D eigenvalue weighted by Gasteiger charge is 2.08. The molecule has 80 valence electrons. The average Bonchev–Trinajstić information content (AvgIpc) is 2.71. The van der Waals surface area contributed by atoms with Crippen LogP contribution in [-0.2, 0) is 4.79 Å². The van der Waals surface area contributed by atoms with Crippen LogP contribution in [0.4, 0.5) is 0 Å². The van der Waals surface area contributed by atoms with Crippen molar-refractivity contribution in [3.05, 3.63) is 30.0 Å². The number of H-pyrrole nitrogens is 1. The quantitative estimate of drug-likeness (QED) is 0.780. The highest BCUT2D eigenvalue weighted by molar-refractivity contribution is 5.89. The molecule has 16 heavy (non-hydrogen) atoms. The third-order valence-corrected chi connectivity index (χ3v) is 2.29. The largest absolute Gasteiger partial charge is 0.424 e. The molecule has 1 aromatic heterocycles. The van der Waals surface area contributed by atoms with Crippen LogP contribution in [0.3, 0.4) is 0 Å². The van der Waals surface area contributed by atoms with Crippen LogP contribution in [-0.4, -0.2) is 11.0 Å². The van der Waals surface area contributed by atoms with Gasteiger partial charge in [-0.1, -0.05) is 6.92 Å². The van der Waals surface area contributed by atoms with Crippen molar-refractivity contribution in [3.8, 4) is 11.8 Å². The van der Waals surface area contributed by atoms with Crippen molar-refractivity contribution in [3.63, 3.8) is 0 Å². The van der Waals surface area contributed by atoms with Crippen molar-refractivity contribution in [1.29, 1.82) is 5.26 Å². The van der Waals surface area contributed by atoms with Crippen LogP contribution in [0.25, 0.3) is 10.9 Å². The van der Waals surface area contributed by atoms with E-state index in [0.717, 1.165) is 10.9 Å². The third-order valence-electron chi connectivity index (χ3n) is 2.29. The van der Waals surface area contributed by atoms with Gasteiger partial charge in [-0.3, -0.25) is 4.79 Å². The average molecular weight is 214 g/mol. The summed E-state index contributed by atoms with van der Waals surface area (Å²) in [6.07, 6.45) is 1.95. The van der Waals surface area contributed by atoms with E-state index in [1.54, 1.807) is 31.3 Å². The van der Waals surface area contributed by atoms with Crippen LogP contribution in [0, 0.1) is 11.3 Å². The Labute approximate surface area is 92.4 Å². The fourth-order valence-corrected chi connectivity index (χ4v) is 1.44. The van der Waals surface area contributed by atoms with Gasteiger partial charge in [-0.05, 0) is 18.2 Å². The van der Waals surface area contributed by atoms with E-state index in [0.29, 0.717) is 17.7 Å². The maximum absolute atomic E-state index is 11.2.